The normalized spacial score (nSPS) is 12.6. The molecule has 7 heterocycles. The quantitative estimate of drug-likeness (QED) is 0.113. The minimum absolute atomic E-state index is 0. The SMILES string of the molecule is CC(C)(C)c1c[c-]c(-c2ccccn2)cc1.CCC1(CC)c2ccccc2-c2c[c-]c(-c3ccc4ccccc4n3)cc21.CCC1(CC)c2ccccc2-c2c[c-]c(-c3ccc4ccccc4n3)cc21.CCC1(CC)c2ccccc2-c2c[c-]c(-c3ccc4ccccc4n3)cc21.[Ir].[Ir].[Ir].[c-]1ccccc1-c1ccccn1.c1ccc(-c2ccc[n-]2)nc1. The summed E-state index contributed by atoms with van der Waals surface area (Å²) in [5.74, 6) is 0. The Balaban J connectivity index is 0.000000130. The molecule has 18 aromatic rings. The predicted molar refractivity (Wildman–Crippen MR) is 497 cm³/mol. The summed E-state index contributed by atoms with van der Waals surface area (Å²) >= 11 is 0. The molecule has 3 radical (unpaired) electrons. The zero-order valence-corrected chi connectivity index (χ0v) is 78.0. The van der Waals surface area contributed by atoms with E-state index in [1.165, 1.54) is 88.5 Å². The molecule has 0 atom stereocenters. The van der Waals surface area contributed by atoms with E-state index in [2.05, 4.69) is 331 Å². The zero-order valence-electron chi connectivity index (χ0n) is 70.9. The van der Waals surface area contributed by atoms with Gasteiger partial charge in [0, 0.05) is 101 Å². The number of fused-ring (bicyclic) bond motifs is 12. The maximum Gasteiger partial charge on any atom is 0.0595 e. The first-order valence-electron chi connectivity index (χ1n) is 42.2. The average Bonchev–Trinajstić information content (AvgIpc) is 1.58. The van der Waals surface area contributed by atoms with Crippen LogP contribution in [0.15, 0.2) is 352 Å². The maximum absolute atomic E-state index is 4.89. The summed E-state index contributed by atoms with van der Waals surface area (Å²) in [6.45, 7) is 20.4. The molecule has 7 nitrogen and oxygen atoms in total. The summed E-state index contributed by atoms with van der Waals surface area (Å²) in [5.41, 5.74) is 33.7. The molecule has 123 heavy (non-hydrogen) atoms. The van der Waals surface area contributed by atoms with Crippen molar-refractivity contribution in [1.29, 1.82) is 0 Å². The monoisotopic (exact) mass is 2130 g/mol. The van der Waals surface area contributed by atoms with Crippen LogP contribution in [-0.4, -0.2) is 29.9 Å². The third kappa shape index (κ3) is 18.4. The van der Waals surface area contributed by atoms with Crippen LogP contribution in [0.3, 0.4) is 0 Å². The van der Waals surface area contributed by atoms with Gasteiger partial charge in [0.2, 0.25) is 0 Å². The van der Waals surface area contributed by atoms with Gasteiger partial charge in [0.1, 0.15) is 0 Å². The summed E-state index contributed by atoms with van der Waals surface area (Å²) in [5, 5.41) is 3.52. The van der Waals surface area contributed by atoms with E-state index in [0.29, 0.717) is 0 Å². The number of nitrogens with zero attached hydrogens (tertiary/aromatic N) is 7. The van der Waals surface area contributed by atoms with E-state index in [9.17, 15) is 0 Å². The van der Waals surface area contributed by atoms with Gasteiger partial charge in [0.05, 0.1) is 16.6 Å². The van der Waals surface area contributed by atoms with Crippen molar-refractivity contribution in [2.45, 2.75) is 122 Å². The van der Waals surface area contributed by atoms with Crippen molar-refractivity contribution in [2.75, 3.05) is 0 Å². The number of aromatic nitrogens is 7. The summed E-state index contributed by atoms with van der Waals surface area (Å²) in [4.78, 5) is 31.5. The van der Waals surface area contributed by atoms with Crippen LogP contribution in [0.25, 0.3) is 134 Å². The van der Waals surface area contributed by atoms with Crippen LogP contribution >= 0.6 is 0 Å². The largest absolute Gasteiger partial charge is 0.662 e. The van der Waals surface area contributed by atoms with E-state index in [-0.39, 0.29) is 82.0 Å². The van der Waals surface area contributed by atoms with E-state index >= 15 is 0 Å². The molecule has 0 fully saturated rings. The molecule has 0 N–H and O–H groups in total. The van der Waals surface area contributed by atoms with Gasteiger partial charge in [-0.2, -0.15) is 6.20 Å². The van der Waals surface area contributed by atoms with Crippen molar-refractivity contribution in [2.24, 2.45) is 0 Å². The molecule has 0 saturated carbocycles. The maximum atomic E-state index is 4.89. The Morgan fingerprint density at radius 3 is 0.943 bits per heavy atom. The molecule has 0 bridgehead atoms. The fraction of sp³-hybridized carbons (Fsp3) is 0.168. The third-order valence-electron chi connectivity index (χ3n) is 24.6. The molecular formula is C113H97Ir3N7-6. The first-order valence-corrected chi connectivity index (χ1v) is 42.2. The van der Waals surface area contributed by atoms with Crippen LogP contribution < -0.4 is 4.98 Å². The van der Waals surface area contributed by atoms with Crippen molar-refractivity contribution < 1.29 is 60.3 Å². The molecule has 0 aliphatic heterocycles. The van der Waals surface area contributed by atoms with Gasteiger partial charge >= 0.3 is 0 Å². The standard InChI is InChI=1S/3C26H22N.C15H16N.C11H8N.C9H7N2.3Ir/c3*1-3-26(4-2)22-11-7-6-10-20(22)21-15-13-19(17-23(21)26)25-16-14-18-9-5-8-12-24(18)27-25;1-15(2,3)13-9-7-12(8-10-13)14-6-4-5-11-16-14;1-2-6-10(7-3-1)11-8-4-5-9-12-11;1-2-6-10-8(4-1)9-5-3-7-11-9;;;/h3*5-12,14-17H,3-4H2,1-2H3;4-7,9-11H,1-3H3;1-6,8-9H;1-7H;;;/q6*-1;;;. The van der Waals surface area contributed by atoms with Gasteiger partial charge < -0.3 is 15.0 Å². The Morgan fingerprint density at radius 2 is 0.618 bits per heavy atom. The topological polar surface area (TPSA) is 91.4 Å². The minimum Gasteiger partial charge on any atom is -0.662 e. The molecule has 21 rings (SSSR count). The van der Waals surface area contributed by atoms with Gasteiger partial charge in [-0.3, -0.25) is 19.9 Å². The number of para-hydroxylation sites is 3. The second-order valence-electron chi connectivity index (χ2n) is 31.9. The molecule has 10 heteroatoms. The predicted octanol–water partition coefficient (Wildman–Crippen LogP) is 28.5. The molecule has 11 aromatic carbocycles. The number of benzene rings is 11. The van der Waals surface area contributed by atoms with E-state index < -0.39 is 0 Å². The van der Waals surface area contributed by atoms with Crippen LogP contribution in [0.4, 0.5) is 0 Å². The molecule has 0 spiro atoms. The first kappa shape index (κ1) is 89.1. The second-order valence-corrected chi connectivity index (χ2v) is 31.9. The Kier molecular flexibility index (Phi) is 29.1. The molecule has 0 saturated heterocycles. The van der Waals surface area contributed by atoms with Crippen LogP contribution in [0.5, 0.6) is 0 Å². The summed E-state index contributed by atoms with van der Waals surface area (Å²) < 4.78 is 0. The van der Waals surface area contributed by atoms with Crippen LogP contribution in [0.2, 0.25) is 0 Å². The van der Waals surface area contributed by atoms with Crippen molar-refractivity contribution in [3.05, 3.63) is 422 Å². The van der Waals surface area contributed by atoms with Gasteiger partial charge in [-0.25, -0.2) is 0 Å². The van der Waals surface area contributed by atoms with Crippen LogP contribution in [0, 0.1) is 30.3 Å². The van der Waals surface area contributed by atoms with Gasteiger partial charge in [0.15, 0.2) is 0 Å². The molecular weight excluding hydrogens is 2030 g/mol. The number of hydrogen-bond acceptors (Lipinski definition) is 6. The number of pyridine rings is 6. The molecule has 7 aromatic heterocycles. The fourth-order valence-corrected chi connectivity index (χ4v) is 17.9. The van der Waals surface area contributed by atoms with E-state index in [4.69, 9.17) is 15.0 Å². The summed E-state index contributed by atoms with van der Waals surface area (Å²) in [6.07, 6.45) is 13.7. The Hall–Kier alpha value is -11.7. The van der Waals surface area contributed by atoms with Gasteiger partial charge in [-0.1, -0.05) is 302 Å². The van der Waals surface area contributed by atoms with E-state index in [0.717, 1.165) is 123 Å². The fourth-order valence-electron chi connectivity index (χ4n) is 17.9. The number of hydrogen-bond donors (Lipinski definition) is 0. The van der Waals surface area contributed by atoms with Gasteiger partial charge in [-0.15, -0.1) is 165 Å². The van der Waals surface area contributed by atoms with Gasteiger partial charge in [0.25, 0.3) is 0 Å². The van der Waals surface area contributed by atoms with Crippen molar-refractivity contribution in [3.63, 3.8) is 0 Å². The summed E-state index contributed by atoms with van der Waals surface area (Å²) in [7, 11) is 0. The molecule has 0 unspecified atom stereocenters. The zero-order chi connectivity index (χ0) is 82.6. The van der Waals surface area contributed by atoms with E-state index in [1.807, 2.05) is 109 Å². The molecule has 3 aliphatic carbocycles. The third-order valence-corrected chi connectivity index (χ3v) is 24.6. The Morgan fingerprint density at radius 1 is 0.276 bits per heavy atom. The molecule has 617 valence electrons. The Labute approximate surface area is 766 Å². The van der Waals surface area contributed by atoms with Crippen molar-refractivity contribution in [1.82, 2.24) is 34.9 Å². The molecule has 3 aliphatic rings. The van der Waals surface area contributed by atoms with Gasteiger partial charge in [-0.05, 0) is 148 Å². The minimum atomic E-state index is 0. The molecule has 0 amide bonds. The van der Waals surface area contributed by atoms with Crippen molar-refractivity contribution in [3.8, 4) is 101 Å². The summed E-state index contributed by atoms with van der Waals surface area (Å²) in [6, 6.07) is 130. The van der Waals surface area contributed by atoms with Crippen LogP contribution in [0.1, 0.15) is 140 Å². The van der Waals surface area contributed by atoms with Crippen LogP contribution in [-0.2, 0) is 82.0 Å². The van der Waals surface area contributed by atoms with E-state index in [1.54, 1.807) is 24.8 Å². The smallest absolute Gasteiger partial charge is 0.0595 e. The Bertz CT molecular complexity index is 6060. The van der Waals surface area contributed by atoms with Crippen molar-refractivity contribution >= 4 is 32.7 Å². The second kappa shape index (κ2) is 40.1. The first-order chi connectivity index (χ1) is 58.8. The number of rotatable bonds is 12. The average molecular weight is 2130 g/mol.